The van der Waals surface area contributed by atoms with Gasteiger partial charge in [-0.2, -0.15) is 26.3 Å². The van der Waals surface area contributed by atoms with Gasteiger partial charge in [-0.25, -0.2) is 0 Å². The molecule has 0 fully saturated rings. The van der Waals surface area contributed by atoms with Crippen LogP contribution in [0.3, 0.4) is 0 Å². The largest absolute Gasteiger partial charge is 0.416 e. The number of benzene rings is 6. The first-order valence-corrected chi connectivity index (χ1v) is 23.4. The maximum absolute atomic E-state index is 13.6. The summed E-state index contributed by atoms with van der Waals surface area (Å²) >= 11 is 3.41. The standard InChI is InChI=1S/C28H30BrF3N2O.C28H31F3N2O/c1-18-14-23(25(33)24(29)15-18)26(35)34(17-20-8-10-21(11-9-20)27(2,3)4)13-12-19-6-5-7-22(16-19)28(30,31)32;1-19-8-13-25(32)24(16-19)26(34)33(18-21-9-11-22(12-10-21)27(2,3)4)15-14-20-6-5-7-23(17-20)28(29,30)31/h5-11,14-16H,12-13,17,33H2,1-4H3;5-13,16-17H,14-15,18,32H2,1-4H3. The van der Waals surface area contributed by atoms with Crippen molar-refractivity contribution in [2.45, 2.75) is 105 Å². The lowest BCUT2D eigenvalue weighted by molar-refractivity contribution is -0.138. The van der Waals surface area contributed by atoms with E-state index in [-0.39, 0.29) is 42.2 Å². The topological polar surface area (TPSA) is 92.7 Å². The maximum Gasteiger partial charge on any atom is 0.416 e. The second-order valence-electron chi connectivity index (χ2n) is 19.5. The number of halogens is 7. The Hall–Kier alpha value is -6.08. The lowest BCUT2D eigenvalue weighted by Crippen LogP contribution is -2.33. The van der Waals surface area contributed by atoms with Crippen molar-refractivity contribution in [2.75, 3.05) is 24.6 Å². The van der Waals surface area contributed by atoms with Crippen LogP contribution in [0.2, 0.25) is 0 Å². The quantitative estimate of drug-likeness (QED) is 0.0943. The molecule has 0 spiro atoms. The van der Waals surface area contributed by atoms with E-state index in [2.05, 4.69) is 57.5 Å². The number of nitrogen functional groups attached to an aromatic ring is 2. The summed E-state index contributed by atoms with van der Waals surface area (Å²) in [6.07, 6.45) is -8.25. The molecule has 4 N–H and O–H groups in total. The van der Waals surface area contributed by atoms with Gasteiger partial charge in [0.25, 0.3) is 11.8 Å². The smallest absolute Gasteiger partial charge is 0.398 e. The summed E-state index contributed by atoms with van der Waals surface area (Å²) < 4.78 is 79.5. The number of carbonyl (C=O) groups is 2. The number of amides is 2. The third-order valence-corrected chi connectivity index (χ3v) is 12.4. The van der Waals surface area contributed by atoms with E-state index in [0.717, 1.165) is 46.5 Å². The van der Waals surface area contributed by atoms with Crippen LogP contribution in [0.4, 0.5) is 37.7 Å². The molecule has 6 aromatic carbocycles. The molecule has 2 amide bonds. The van der Waals surface area contributed by atoms with Crippen LogP contribution in [0, 0.1) is 13.8 Å². The van der Waals surface area contributed by atoms with Gasteiger partial charge in [0, 0.05) is 36.3 Å². The van der Waals surface area contributed by atoms with Crippen LogP contribution in [0.5, 0.6) is 0 Å². The molecule has 0 aromatic heterocycles. The molecule has 0 bridgehead atoms. The fourth-order valence-corrected chi connectivity index (χ4v) is 8.20. The SMILES string of the molecule is Cc1cc(Br)c(N)c(C(=O)N(CCc2cccc(C(F)(F)F)c2)Cc2ccc(C(C)(C)C)cc2)c1.Cc1ccc(N)c(C(=O)N(CCc2cccc(C(F)(F)F)c2)Cc2ccc(C(C)(C)C)cc2)c1. The minimum absolute atomic E-state index is 0.000169. The molecular formula is C56H61BrF6N4O2. The summed E-state index contributed by atoms with van der Waals surface area (Å²) in [7, 11) is 0. The Balaban J connectivity index is 0.000000258. The van der Waals surface area contributed by atoms with Crippen LogP contribution in [-0.2, 0) is 49.1 Å². The van der Waals surface area contributed by atoms with Crippen LogP contribution in [-0.4, -0.2) is 34.7 Å². The first kappa shape index (κ1) is 53.9. The predicted molar refractivity (Wildman–Crippen MR) is 269 cm³/mol. The molecule has 0 radical (unpaired) electrons. The minimum atomic E-state index is -4.41. The number of hydrogen-bond acceptors (Lipinski definition) is 4. The maximum atomic E-state index is 13.6. The Morgan fingerprint density at radius 2 is 0.899 bits per heavy atom. The van der Waals surface area contributed by atoms with Gasteiger partial charge in [-0.1, -0.05) is 138 Å². The molecule has 69 heavy (non-hydrogen) atoms. The van der Waals surface area contributed by atoms with Gasteiger partial charge in [0.1, 0.15) is 0 Å². The van der Waals surface area contributed by atoms with E-state index < -0.39 is 23.5 Å². The number of nitrogens with two attached hydrogens (primary N) is 2. The molecule has 366 valence electrons. The summed E-state index contributed by atoms with van der Waals surface area (Å²) in [6.45, 7) is 17.7. The predicted octanol–water partition coefficient (Wildman–Crippen LogP) is 14.3. The van der Waals surface area contributed by atoms with Crippen molar-refractivity contribution in [2.24, 2.45) is 0 Å². The lowest BCUT2D eigenvalue weighted by Gasteiger charge is -2.25. The van der Waals surface area contributed by atoms with Crippen molar-refractivity contribution in [1.29, 1.82) is 0 Å². The molecule has 0 aliphatic carbocycles. The van der Waals surface area contributed by atoms with Crippen molar-refractivity contribution >= 4 is 39.1 Å². The Labute approximate surface area is 410 Å². The van der Waals surface area contributed by atoms with Crippen LogP contribution >= 0.6 is 15.9 Å². The van der Waals surface area contributed by atoms with Crippen molar-refractivity contribution in [3.63, 3.8) is 0 Å². The molecular weight excluding hydrogens is 955 g/mol. The zero-order chi connectivity index (χ0) is 51.1. The second kappa shape index (κ2) is 22.1. The van der Waals surface area contributed by atoms with E-state index in [1.807, 2.05) is 74.5 Å². The van der Waals surface area contributed by atoms with Crippen LogP contribution in [0.25, 0.3) is 0 Å². The second-order valence-corrected chi connectivity index (χ2v) is 20.4. The zero-order valence-corrected chi connectivity index (χ0v) is 42.0. The fraction of sp³-hybridized carbons (Fsp3) is 0.321. The van der Waals surface area contributed by atoms with Gasteiger partial charge in [0.05, 0.1) is 27.9 Å². The highest BCUT2D eigenvalue weighted by molar-refractivity contribution is 9.10. The van der Waals surface area contributed by atoms with Gasteiger partial charge in [0.15, 0.2) is 0 Å². The van der Waals surface area contributed by atoms with E-state index in [1.165, 1.54) is 23.3 Å². The van der Waals surface area contributed by atoms with Crippen molar-refractivity contribution in [3.8, 4) is 0 Å². The molecule has 6 rings (SSSR count). The molecule has 0 saturated heterocycles. The van der Waals surface area contributed by atoms with E-state index >= 15 is 0 Å². The first-order valence-electron chi connectivity index (χ1n) is 22.6. The lowest BCUT2D eigenvalue weighted by atomic mass is 9.86. The number of aryl methyl sites for hydroxylation is 2. The molecule has 0 atom stereocenters. The van der Waals surface area contributed by atoms with Gasteiger partial charge in [0.2, 0.25) is 0 Å². The number of alkyl halides is 6. The Bertz CT molecular complexity index is 2720. The molecule has 6 aromatic rings. The summed E-state index contributed by atoms with van der Waals surface area (Å²) in [4.78, 5) is 30.3. The molecule has 0 aliphatic rings. The van der Waals surface area contributed by atoms with Gasteiger partial charge in [-0.05, 0) is 129 Å². The molecule has 0 heterocycles. The minimum Gasteiger partial charge on any atom is -0.398 e. The average molecular weight is 1020 g/mol. The van der Waals surface area contributed by atoms with E-state index in [0.29, 0.717) is 57.6 Å². The van der Waals surface area contributed by atoms with E-state index in [1.54, 1.807) is 40.1 Å². The molecule has 0 aliphatic heterocycles. The first-order chi connectivity index (χ1) is 32.1. The number of carbonyl (C=O) groups excluding carboxylic acids is 2. The highest BCUT2D eigenvalue weighted by atomic mass is 79.9. The normalized spacial score (nSPS) is 12.0. The Kier molecular flexibility index (Phi) is 17.3. The van der Waals surface area contributed by atoms with E-state index in [9.17, 15) is 35.9 Å². The summed E-state index contributed by atoms with van der Waals surface area (Å²) in [5, 5.41) is 0. The van der Waals surface area contributed by atoms with Crippen molar-refractivity contribution < 1.29 is 35.9 Å². The van der Waals surface area contributed by atoms with Gasteiger partial charge in [-0.15, -0.1) is 0 Å². The van der Waals surface area contributed by atoms with Crippen molar-refractivity contribution in [1.82, 2.24) is 9.80 Å². The Morgan fingerprint density at radius 3 is 1.30 bits per heavy atom. The van der Waals surface area contributed by atoms with Crippen molar-refractivity contribution in [3.05, 3.63) is 199 Å². The highest BCUT2D eigenvalue weighted by Crippen LogP contribution is 2.32. The number of anilines is 2. The number of nitrogens with zero attached hydrogens (tertiary/aromatic N) is 2. The van der Waals surface area contributed by atoms with Gasteiger partial charge < -0.3 is 21.3 Å². The van der Waals surface area contributed by atoms with Gasteiger partial charge >= 0.3 is 12.4 Å². The van der Waals surface area contributed by atoms with Crippen LogP contribution in [0.15, 0.2) is 132 Å². The summed E-state index contributed by atoms with van der Waals surface area (Å²) in [5.74, 6) is -0.508. The summed E-state index contributed by atoms with van der Waals surface area (Å²) in [6, 6.07) is 35.5. The van der Waals surface area contributed by atoms with Crippen LogP contribution < -0.4 is 11.5 Å². The van der Waals surface area contributed by atoms with E-state index in [4.69, 9.17) is 11.5 Å². The monoisotopic (exact) mass is 1010 g/mol. The number of hydrogen-bond donors (Lipinski definition) is 2. The van der Waals surface area contributed by atoms with Crippen LogP contribution in [0.1, 0.15) is 118 Å². The average Bonchev–Trinajstić information content (AvgIpc) is 3.27. The molecule has 6 nitrogen and oxygen atoms in total. The van der Waals surface area contributed by atoms with Gasteiger partial charge in [-0.3, -0.25) is 9.59 Å². The third-order valence-electron chi connectivity index (χ3n) is 11.8. The molecule has 0 saturated carbocycles. The highest BCUT2D eigenvalue weighted by Gasteiger charge is 2.32. The molecule has 13 heteroatoms. The molecule has 0 unspecified atom stereocenters. The zero-order valence-electron chi connectivity index (χ0n) is 40.4. The fourth-order valence-electron chi connectivity index (χ4n) is 7.63. The summed E-state index contributed by atoms with van der Waals surface area (Å²) in [5.41, 5.74) is 19.5. The number of rotatable bonds is 12. The third kappa shape index (κ3) is 15.2. The Morgan fingerprint density at radius 1 is 0.493 bits per heavy atom.